The molecule has 0 spiro atoms. The van der Waals surface area contributed by atoms with Gasteiger partial charge in [0.1, 0.15) is 5.75 Å². The fourth-order valence-electron chi connectivity index (χ4n) is 1.69. The van der Waals surface area contributed by atoms with Gasteiger partial charge in [0.25, 0.3) is 0 Å². The minimum absolute atomic E-state index is 0.218. The normalized spacial score (nSPS) is 11.6. The highest BCUT2D eigenvalue weighted by Crippen LogP contribution is 2.16. The van der Waals surface area contributed by atoms with E-state index in [9.17, 15) is 9.59 Å². The molecule has 0 saturated carbocycles. The van der Waals surface area contributed by atoms with Crippen molar-refractivity contribution in [3.05, 3.63) is 29.8 Å². The number of ether oxygens (including phenoxy) is 2. The van der Waals surface area contributed by atoms with Crippen molar-refractivity contribution in [3.8, 4) is 5.75 Å². The Bertz CT molecular complexity index is 462. The molecule has 0 aliphatic rings. The largest absolute Gasteiger partial charge is 0.496 e. The summed E-state index contributed by atoms with van der Waals surface area (Å²) >= 11 is 0. The molecule has 1 aromatic carbocycles. The number of rotatable bonds is 6. The van der Waals surface area contributed by atoms with Crippen LogP contribution < -0.4 is 15.4 Å². The summed E-state index contributed by atoms with van der Waals surface area (Å²) in [5.41, 5.74) is 0.807. The van der Waals surface area contributed by atoms with Crippen LogP contribution in [0.25, 0.3) is 0 Å². The highest BCUT2D eigenvalue weighted by Gasteiger charge is 2.16. The second kappa shape index (κ2) is 8.16. The number of carbonyl (C=O) groups excluding carboxylic acids is 2. The molecule has 2 N–H and O–H groups in total. The molecule has 0 bridgehead atoms. The first-order chi connectivity index (χ1) is 9.58. The van der Waals surface area contributed by atoms with E-state index in [1.54, 1.807) is 20.1 Å². The van der Waals surface area contributed by atoms with Crippen LogP contribution in [0.5, 0.6) is 5.75 Å². The summed E-state index contributed by atoms with van der Waals surface area (Å²) in [7, 11) is 3.09. The summed E-state index contributed by atoms with van der Waals surface area (Å²) < 4.78 is 10.0. The molecule has 1 rings (SSSR count). The molecular formula is C14H20N2O4. The van der Waals surface area contributed by atoms with E-state index in [1.165, 1.54) is 7.11 Å². The topological polar surface area (TPSA) is 76.7 Å². The predicted molar refractivity (Wildman–Crippen MR) is 74.3 cm³/mol. The molecule has 0 aliphatic carbocycles. The van der Waals surface area contributed by atoms with Crippen LogP contribution in [0.4, 0.5) is 0 Å². The summed E-state index contributed by atoms with van der Waals surface area (Å²) in [6.45, 7) is 2.34. The molecule has 20 heavy (non-hydrogen) atoms. The first-order valence-corrected chi connectivity index (χ1v) is 6.28. The molecule has 0 radical (unpaired) electrons. The molecule has 1 atom stereocenters. The Labute approximate surface area is 118 Å². The second-order valence-electron chi connectivity index (χ2n) is 4.32. The van der Waals surface area contributed by atoms with Crippen LogP contribution in [-0.2, 0) is 20.9 Å². The molecule has 2 amide bonds. The number of benzene rings is 1. The molecule has 0 saturated heterocycles. The first-order valence-electron chi connectivity index (χ1n) is 6.28. The maximum absolute atomic E-state index is 11.7. The van der Waals surface area contributed by atoms with Crippen molar-refractivity contribution in [2.24, 2.45) is 0 Å². The van der Waals surface area contributed by atoms with Gasteiger partial charge in [0.15, 0.2) is 0 Å². The first kappa shape index (κ1) is 16.0. The van der Waals surface area contributed by atoms with Crippen molar-refractivity contribution < 1.29 is 19.1 Å². The van der Waals surface area contributed by atoms with Crippen molar-refractivity contribution >= 4 is 11.8 Å². The van der Waals surface area contributed by atoms with E-state index >= 15 is 0 Å². The quantitative estimate of drug-likeness (QED) is 0.742. The lowest BCUT2D eigenvalue weighted by Crippen LogP contribution is -2.44. The number of amides is 2. The van der Waals surface area contributed by atoms with Gasteiger partial charge in [-0.25, -0.2) is 0 Å². The van der Waals surface area contributed by atoms with Gasteiger partial charge in [0, 0.05) is 25.3 Å². The highest BCUT2D eigenvalue weighted by molar-refractivity contribution is 6.35. The SMILES string of the molecule is COC[C@@H](C)NC(=O)C(=O)NCc1ccccc1OC. The Morgan fingerprint density at radius 1 is 1.20 bits per heavy atom. The van der Waals surface area contributed by atoms with Crippen LogP contribution in [0.2, 0.25) is 0 Å². The zero-order chi connectivity index (χ0) is 15.0. The van der Waals surface area contributed by atoms with Gasteiger partial charge < -0.3 is 20.1 Å². The van der Waals surface area contributed by atoms with Crippen molar-refractivity contribution in [3.63, 3.8) is 0 Å². The fraction of sp³-hybridized carbons (Fsp3) is 0.429. The Kier molecular flexibility index (Phi) is 6.52. The van der Waals surface area contributed by atoms with Crippen LogP contribution in [0, 0.1) is 0 Å². The molecule has 0 aromatic heterocycles. The standard InChI is InChI=1S/C14H20N2O4/c1-10(9-19-2)16-14(18)13(17)15-8-11-6-4-5-7-12(11)20-3/h4-7,10H,8-9H2,1-3H3,(H,15,17)(H,16,18)/t10-/m1/s1. The van der Waals surface area contributed by atoms with E-state index in [0.717, 1.165) is 5.56 Å². The van der Waals surface area contributed by atoms with Gasteiger partial charge in [-0.3, -0.25) is 9.59 Å². The maximum atomic E-state index is 11.7. The molecule has 6 nitrogen and oxygen atoms in total. The smallest absolute Gasteiger partial charge is 0.309 e. The fourth-order valence-corrected chi connectivity index (χ4v) is 1.69. The third-order valence-electron chi connectivity index (χ3n) is 2.63. The van der Waals surface area contributed by atoms with Crippen LogP contribution in [-0.4, -0.2) is 38.7 Å². The molecule has 0 aliphatic heterocycles. The van der Waals surface area contributed by atoms with E-state index in [-0.39, 0.29) is 12.6 Å². The van der Waals surface area contributed by atoms with E-state index in [0.29, 0.717) is 12.4 Å². The molecule has 6 heteroatoms. The molecular weight excluding hydrogens is 260 g/mol. The average molecular weight is 280 g/mol. The number of nitrogens with one attached hydrogen (secondary N) is 2. The van der Waals surface area contributed by atoms with Crippen molar-refractivity contribution in [1.29, 1.82) is 0 Å². The Morgan fingerprint density at radius 3 is 2.55 bits per heavy atom. The van der Waals surface area contributed by atoms with E-state index < -0.39 is 11.8 Å². The molecule has 110 valence electrons. The lowest BCUT2D eigenvalue weighted by atomic mass is 10.2. The molecule has 0 heterocycles. The lowest BCUT2D eigenvalue weighted by molar-refractivity contribution is -0.139. The number of hydrogen-bond acceptors (Lipinski definition) is 4. The third kappa shape index (κ3) is 4.89. The number of methoxy groups -OCH3 is 2. The van der Waals surface area contributed by atoms with E-state index in [4.69, 9.17) is 9.47 Å². The van der Waals surface area contributed by atoms with Gasteiger partial charge in [-0.15, -0.1) is 0 Å². The van der Waals surface area contributed by atoms with Crippen LogP contribution in [0.15, 0.2) is 24.3 Å². The van der Waals surface area contributed by atoms with Crippen LogP contribution >= 0.6 is 0 Å². The van der Waals surface area contributed by atoms with Crippen LogP contribution in [0.1, 0.15) is 12.5 Å². The van der Waals surface area contributed by atoms with Gasteiger partial charge >= 0.3 is 11.8 Å². The number of para-hydroxylation sites is 1. The van der Waals surface area contributed by atoms with Crippen molar-refractivity contribution in [1.82, 2.24) is 10.6 Å². The summed E-state index contributed by atoms with van der Waals surface area (Å²) in [6, 6.07) is 7.07. The summed E-state index contributed by atoms with van der Waals surface area (Å²) in [6.07, 6.45) is 0. The molecule has 1 aromatic rings. The van der Waals surface area contributed by atoms with Crippen molar-refractivity contribution in [2.45, 2.75) is 19.5 Å². The summed E-state index contributed by atoms with van der Waals surface area (Å²) in [4.78, 5) is 23.2. The Hall–Kier alpha value is -2.08. The number of hydrogen-bond donors (Lipinski definition) is 2. The third-order valence-corrected chi connectivity index (χ3v) is 2.63. The number of carbonyl (C=O) groups is 2. The lowest BCUT2D eigenvalue weighted by Gasteiger charge is -2.13. The highest BCUT2D eigenvalue weighted by atomic mass is 16.5. The minimum atomic E-state index is -0.682. The van der Waals surface area contributed by atoms with Crippen LogP contribution in [0.3, 0.4) is 0 Å². The van der Waals surface area contributed by atoms with Gasteiger partial charge in [-0.1, -0.05) is 18.2 Å². The van der Waals surface area contributed by atoms with Gasteiger partial charge in [0.05, 0.1) is 13.7 Å². The zero-order valence-electron chi connectivity index (χ0n) is 11.9. The molecule has 0 fully saturated rings. The average Bonchev–Trinajstić information content (AvgIpc) is 2.45. The predicted octanol–water partition coefficient (Wildman–Crippen LogP) is 0.463. The summed E-state index contributed by atoms with van der Waals surface area (Å²) in [5.74, 6) is -0.690. The minimum Gasteiger partial charge on any atom is -0.496 e. The van der Waals surface area contributed by atoms with Gasteiger partial charge in [0.2, 0.25) is 0 Å². The van der Waals surface area contributed by atoms with E-state index in [2.05, 4.69) is 10.6 Å². The Morgan fingerprint density at radius 2 is 1.90 bits per heavy atom. The van der Waals surface area contributed by atoms with Gasteiger partial charge in [-0.2, -0.15) is 0 Å². The summed E-state index contributed by atoms with van der Waals surface area (Å²) in [5, 5.41) is 5.09. The second-order valence-corrected chi connectivity index (χ2v) is 4.32. The van der Waals surface area contributed by atoms with Crippen molar-refractivity contribution in [2.75, 3.05) is 20.8 Å². The Balaban J connectivity index is 2.48. The molecule has 0 unspecified atom stereocenters. The maximum Gasteiger partial charge on any atom is 0.309 e. The van der Waals surface area contributed by atoms with Gasteiger partial charge in [-0.05, 0) is 13.0 Å². The van der Waals surface area contributed by atoms with E-state index in [1.807, 2.05) is 18.2 Å². The zero-order valence-corrected chi connectivity index (χ0v) is 11.9. The monoisotopic (exact) mass is 280 g/mol.